The van der Waals surface area contributed by atoms with Gasteiger partial charge in [-0.25, -0.2) is 0 Å². The predicted molar refractivity (Wildman–Crippen MR) is 159 cm³/mol. The summed E-state index contributed by atoms with van der Waals surface area (Å²) in [6.07, 6.45) is 11.7. The van der Waals surface area contributed by atoms with E-state index in [1.165, 1.54) is 0 Å². The molecular weight excluding hydrogens is 526 g/mol. The molecule has 0 saturated heterocycles. The smallest absolute Gasteiger partial charge is 0.262 e. The zero-order chi connectivity index (χ0) is 28.5. The van der Waals surface area contributed by atoms with E-state index in [9.17, 15) is 14.4 Å². The highest BCUT2D eigenvalue weighted by atomic mass is 35.5. The van der Waals surface area contributed by atoms with Crippen LogP contribution in [0.25, 0.3) is 10.9 Å². The van der Waals surface area contributed by atoms with Gasteiger partial charge >= 0.3 is 0 Å². The van der Waals surface area contributed by atoms with Gasteiger partial charge < -0.3 is 15.4 Å². The first-order valence-electron chi connectivity index (χ1n) is 13.8. The number of allylic oxidation sites excluding steroid dienone is 2. The maximum atomic E-state index is 13.4. The van der Waals surface area contributed by atoms with Gasteiger partial charge in [-0.1, -0.05) is 49.1 Å². The van der Waals surface area contributed by atoms with E-state index in [-0.39, 0.29) is 24.1 Å². The van der Waals surface area contributed by atoms with Crippen LogP contribution in [0.4, 0.5) is 0 Å². The molecule has 0 spiro atoms. The van der Waals surface area contributed by atoms with Crippen LogP contribution in [0.15, 0.2) is 66.3 Å². The Balaban J connectivity index is 1.28. The summed E-state index contributed by atoms with van der Waals surface area (Å²) in [4.78, 5) is 38.3. The highest BCUT2D eigenvalue weighted by Gasteiger charge is 2.22. The van der Waals surface area contributed by atoms with Gasteiger partial charge in [-0.05, 0) is 74.2 Å². The van der Waals surface area contributed by atoms with Crippen LogP contribution in [-0.4, -0.2) is 42.5 Å². The summed E-state index contributed by atoms with van der Waals surface area (Å²) in [6, 6.07) is 12.3. The lowest BCUT2D eigenvalue weighted by molar-refractivity contribution is -0.120. The first-order chi connectivity index (χ1) is 19.4. The number of hydrogen-bond donors (Lipinski definition) is 2. The third kappa shape index (κ3) is 7.21. The number of rotatable bonds is 13. The van der Waals surface area contributed by atoms with Crippen molar-refractivity contribution in [2.75, 3.05) is 20.2 Å². The fraction of sp³-hybridized carbons (Fsp3) is 0.344. The maximum Gasteiger partial charge on any atom is 0.262 e. The Bertz CT molecular complexity index is 1440. The van der Waals surface area contributed by atoms with E-state index in [0.29, 0.717) is 29.4 Å². The minimum absolute atomic E-state index is 0.00242. The van der Waals surface area contributed by atoms with E-state index >= 15 is 0 Å². The largest absolute Gasteiger partial charge is 0.497 e. The van der Waals surface area contributed by atoms with Crippen molar-refractivity contribution in [3.05, 3.63) is 88.1 Å². The number of fused-ring (bicyclic) bond motifs is 1. The van der Waals surface area contributed by atoms with Gasteiger partial charge in [0.15, 0.2) is 0 Å². The van der Waals surface area contributed by atoms with Gasteiger partial charge in [-0.15, -0.1) is 0 Å². The van der Waals surface area contributed by atoms with Crippen LogP contribution >= 0.6 is 11.6 Å². The van der Waals surface area contributed by atoms with Crippen molar-refractivity contribution in [1.29, 1.82) is 0 Å². The van der Waals surface area contributed by atoms with E-state index in [1.54, 1.807) is 35.9 Å². The van der Waals surface area contributed by atoms with E-state index in [1.807, 2.05) is 43.4 Å². The van der Waals surface area contributed by atoms with E-state index < -0.39 is 0 Å². The second-order valence-electron chi connectivity index (χ2n) is 9.94. The predicted octanol–water partition coefficient (Wildman–Crippen LogP) is 5.91. The fourth-order valence-electron chi connectivity index (χ4n) is 4.96. The molecule has 4 rings (SSSR count). The molecule has 1 heterocycles. The van der Waals surface area contributed by atoms with Crippen molar-refractivity contribution in [3.63, 3.8) is 0 Å². The van der Waals surface area contributed by atoms with Crippen molar-refractivity contribution in [2.45, 2.75) is 51.9 Å². The van der Waals surface area contributed by atoms with Crippen LogP contribution in [0.5, 0.6) is 5.75 Å². The molecule has 8 heteroatoms. The summed E-state index contributed by atoms with van der Waals surface area (Å²) in [5.41, 5.74) is 3.53. The molecule has 2 N–H and O–H groups in total. The highest BCUT2D eigenvalue weighted by molar-refractivity contribution is 6.30. The molecule has 1 aromatic heterocycles. The van der Waals surface area contributed by atoms with E-state index in [4.69, 9.17) is 16.3 Å². The van der Waals surface area contributed by atoms with Crippen LogP contribution in [0.1, 0.15) is 60.1 Å². The number of carbonyl (C=O) groups excluding carboxylic acids is 3. The highest BCUT2D eigenvalue weighted by Crippen LogP contribution is 2.31. The second-order valence-corrected chi connectivity index (χ2v) is 10.4. The Kier molecular flexibility index (Phi) is 10.2. The molecule has 0 saturated carbocycles. The van der Waals surface area contributed by atoms with E-state index in [0.717, 1.165) is 66.3 Å². The van der Waals surface area contributed by atoms with Crippen molar-refractivity contribution in [1.82, 2.24) is 15.2 Å². The maximum absolute atomic E-state index is 13.4. The lowest BCUT2D eigenvalue weighted by Crippen LogP contribution is -2.26. The third-order valence-electron chi connectivity index (χ3n) is 7.17. The molecule has 1 aliphatic carbocycles. The van der Waals surface area contributed by atoms with Crippen LogP contribution in [0.3, 0.4) is 0 Å². The number of methoxy groups -OCH3 is 1. The Morgan fingerprint density at radius 2 is 1.65 bits per heavy atom. The molecular formula is C32H36ClN3O4. The second kappa shape index (κ2) is 14.0. The topological polar surface area (TPSA) is 89.4 Å². The van der Waals surface area contributed by atoms with Crippen molar-refractivity contribution in [2.24, 2.45) is 0 Å². The molecule has 7 nitrogen and oxygen atoms in total. The summed E-state index contributed by atoms with van der Waals surface area (Å²) in [6.45, 7) is 3.15. The fourth-order valence-corrected chi connectivity index (χ4v) is 5.08. The molecule has 40 heavy (non-hydrogen) atoms. The average molecular weight is 562 g/mol. The summed E-state index contributed by atoms with van der Waals surface area (Å²) >= 11 is 6.01. The molecule has 2 aromatic carbocycles. The molecule has 0 fully saturated rings. The van der Waals surface area contributed by atoms with Gasteiger partial charge in [0.05, 0.1) is 19.0 Å². The number of amides is 2. The lowest BCUT2D eigenvalue weighted by Gasteiger charge is -2.09. The minimum atomic E-state index is -0.178. The zero-order valence-electron chi connectivity index (χ0n) is 23.1. The summed E-state index contributed by atoms with van der Waals surface area (Å²) < 4.78 is 7.07. The van der Waals surface area contributed by atoms with Crippen molar-refractivity contribution < 1.29 is 19.1 Å². The summed E-state index contributed by atoms with van der Waals surface area (Å²) in [7, 11) is 1.60. The third-order valence-corrected chi connectivity index (χ3v) is 7.42. The first kappa shape index (κ1) is 29.2. The Labute approximate surface area is 240 Å². The number of nitrogens with one attached hydrogen (secondary N) is 2. The number of carbonyl (C=O) groups is 3. The van der Waals surface area contributed by atoms with Crippen molar-refractivity contribution in [3.8, 4) is 5.75 Å². The number of unbranched alkanes of at least 4 members (excludes halogenated alkanes) is 4. The molecule has 1 aliphatic rings. The molecule has 2 amide bonds. The minimum Gasteiger partial charge on any atom is -0.497 e. The molecule has 0 atom stereocenters. The molecule has 0 unspecified atom stereocenters. The SMILES string of the molecule is COc1ccc2c(c1)c(CC(=O)NCCCCCCCNC(=O)C1=CCC=C1)c(C)n2C(=O)c1ccc(Cl)cc1. The van der Waals surface area contributed by atoms with E-state index in [2.05, 4.69) is 10.6 Å². The Hall–Kier alpha value is -3.84. The van der Waals surface area contributed by atoms with Crippen molar-refractivity contribution >= 4 is 40.2 Å². The lowest BCUT2D eigenvalue weighted by atomic mass is 10.1. The number of benzene rings is 2. The zero-order valence-corrected chi connectivity index (χ0v) is 23.9. The van der Waals surface area contributed by atoms with Gasteiger partial charge in [-0.2, -0.15) is 0 Å². The molecule has 0 aliphatic heterocycles. The van der Waals surface area contributed by atoms with Crippen LogP contribution in [0, 0.1) is 6.92 Å². The molecule has 210 valence electrons. The monoisotopic (exact) mass is 561 g/mol. The van der Waals surface area contributed by atoms with Crippen LogP contribution in [0.2, 0.25) is 5.02 Å². The number of aromatic nitrogens is 1. The standard InChI is InChI=1S/C32H36ClN3O4/c1-22-27(21-30(37)34-18-8-4-3-5-9-19-35-31(38)23-10-6-7-11-23)28-20-26(40-2)16-17-29(28)36(22)32(39)24-12-14-25(33)15-13-24/h6,10-17,20H,3-5,7-9,18-19,21H2,1-2H3,(H,34,37)(H,35,38). The van der Waals surface area contributed by atoms with Gasteiger partial charge in [0, 0.05) is 40.3 Å². The normalized spacial score (nSPS) is 12.4. The van der Waals surface area contributed by atoms with Gasteiger partial charge in [0.2, 0.25) is 5.91 Å². The number of hydrogen-bond acceptors (Lipinski definition) is 4. The molecule has 0 radical (unpaired) electrons. The van der Waals surface area contributed by atoms with Crippen LogP contribution < -0.4 is 15.4 Å². The number of ether oxygens (including phenoxy) is 1. The van der Waals surface area contributed by atoms with Crippen LogP contribution in [-0.2, 0) is 16.0 Å². The quantitative estimate of drug-likeness (QED) is 0.254. The number of halogens is 1. The van der Waals surface area contributed by atoms with Gasteiger partial charge in [-0.3, -0.25) is 19.0 Å². The molecule has 0 bridgehead atoms. The summed E-state index contributed by atoms with van der Waals surface area (Å²) in [5, 5.41) is 7.37. The Morgan fingerprint density at radius 1 is 0.950 bits per heavy atom. The van der Waals surface area contributed by atoms with Gasteiger partial charge in [0.1, 0.15) is 5.75 Å². The average Bonchev–Trinajstić information content (AvgIpc) is 3.59. The molecule has 3 aromatic rings. The first-order valence-corrected chi connectivity index (χ1v) is 14.2. The summed E-state index contributed by atoms with van der Waals surface area (Å²) in [5.74, 6) is 0.407. The Morgan fingerprint density at radius 3 is 2.33 bits per heavy atom. The number of nitrogens with zero attached hydrogens (tertiary/aromatic N) is 1. The van der Waals surface area contributed by atoms with Gasteiger partial charge in [0.25, 0.3) is 11.8 Å².